The smallest absolute Gasteiger partial charge is 0.313 e. The number of halogens is 2. The molecule has 0 atom stereocenters. The van der Waals surface area contributed by atoms with Gasteiger partial charge in [-0.05, 0) is 6.07 Å². The molecule has 0 aliphatic heterocycles. The Balaban J connectivity index is 2.52. The van der Waals surface area contributed by atoms with Gasteiger partial charge in [0, 0.05) is 18.3 Å². The predicted molar refractivity (Wildman–Crippen MR) is 78.4 cm³/mol. The van der Waals surface area contributed by atoms with E-state index in [1.165, 1.54) is 24.5 Å². The fourth-order valence-corrected chi connectivity index (χ4v) is 1.86. The molecule has 9 heteroatoms. The highest BCUT2D eigenvalue weighted by Gasteiger charge is 2.20. The number of nitro benzene ring substituents is 1. The number of rotatable bonds is 4. The van der Waals surface area contributed by atoms with Crippen LogP contribution in [0.5, 0.6) is 11.5 Å². The number of nitrogens with one attached hydrogen (secondary N) is 1. The zero-order valence-electron chi connectivity index (χ0n) is 10.3. The highest BCUT2D eigenvalue weighted by atomic mass is 35.5. The van der Waals surface area contributed by atoms with E-state index in [4.69, 9.17) is 39.1 Å². The Hall–Kier alpha value is -2.38. The first-order valence-corrected chi connectivity index (χ1v) is 6.25. The van der Waals surface area contributed by atoms with Crippen LogP contribution in [0.4, 0.5) is 5.69 Å². The van der Waals surface area contributed by atoms with Crippen molar-refractivity contribution < 1.29 is 9.66 Å². The number of benzene rings is 1. The minimum atomic E-state index is -0.651. The van der Waals surface area contributed by atoms with Crippen LogP contribution >= 0.6 is 23.2 Å². The molecule has 0 aliphatic rings. The second-order valence-electron chi connectivity index (χ2n) is 3.88. The number of amidine groups is 1. The molecule has 1 aromatic heterocycles. The van der Waals surface area contributed by atoms with Crippen LogP contribution in [0.1, 0.15) is 5.56 Å². The van der Waals surface area contributed by atoms with E-state index >= 15 is 0 Å². The average Bonchev–Trinajstić information content (AvgIpc) is 2.42. The van der Waals surface area contributed by atoms with E-state index in [0.29, 0.717) is 0 Å². The highest BCUT2D eigenvalue weighted by molar-refractivity contribution is 6.42. The minimum absolute atomic E-state index is 0.0358. The summed E-state index contributed by atoms with van der Waals surface area (Å²) in [4.78, 5) is 14.2. The van der Waals surface area contributed by atoms with Gasteiger partial charge in [0.2, 0.25) is 5.75 Å². The summed E-state index contributed by atoms with van der Waals surface area (Å²) >= 11 is 11.6. The molecule has 0 saturated carbocycles. The quantitative estimate of drug-likeness (QED) is 0.386. The summed E-state index contributed by atoms with van der Waals surface area (Å²) in [5.41, 5.74) is 5.31. The Bertz CT molecular complexity index is 736. The number of nitrogens with zero attached hydrogens (tertiary/aromatic N) is 2. The first kappa shape index (κ1) is 15.0. The molecule has 0 bridgehead atoms. The number of hydrogen-bond acceptors (Lipinski definition) is 5. The number of nitro groups is 1. The molecule has 0 radical (unpaired) electrons. The van der Waals surface area contributed by atoms with Crippen molar-refractivity contribution in [3.05, 3.63) is 56.3 Å². The van der Waals surface area contributed by atoms with Gasteiger partial charge in [-0.3, -0.25) is 20.5 Å². The zero-order valence-corrected chi connectivity index (χ0v) is 11.9. The first-order valence-electron chi connectivity index (χ1n) is 5.50. The lowest BCUT2D eigenvalue weighted by molar-refractivity contribution is -0.385. The van der Waals surface area contributed by atoms with Crippen molar-refractivity contribution in [2.75, 3.05) is 0 Å². The van der Waals surface area contributed by atoms with Crippen molar-refractivity contribution in [2.24, 2.45) is 5.73 Å². The maximum atomic E-state index is 11.0. The van der Waals surface area contributed by atoms with Crippen molar-refractivity contribution in [1.29, 1.82) is 5.41 Å². The van der Waals surface area contributed by atoms with E-state index in [1.807, 2.05) is 0 Å². The lowest BCUT2D eigenvalue weighted by atomic mass is 10.2. The molecule has 3 N–H and O–H groups in total. The van der Waals surface area contributed by atoms with Crippen LogP contribution in [0, 0.1) is 15.5 Å². The van der Waals surface area contributed by atoms with E-state index < -0.39 is 4.92 Å². The third kappa shape index (κ3) is 3.21. The fraction of sp³-hybridized carbons (Fsp3) is 0. The molecular weight excluding hydrogens is 319 g/mol. The second kappa shape index (κ2) is 5.94. The molecule has 108 valence electrons. The van der Waals surface area contributed by atoms with Crippen LogP contribution in [0.15, 0.2) is 30.6 Å². The molecule has 2 aromatic rings. The molecule has 0 aliphatic carbocycles. The summed E-state index contributed by atoms with van der Waals surface area (Å²) in [7, 11) is 0. The van der Waals surface area contributed by atoms with Crippen molar-refractivity contribution >= 4 is 34.7 Å². The van der Waals surface area contributed by atoms with Gasteiger partial charge in [-0.2, -0.15) is 0 Å². The standard InChI is InChI=1S/C12H8Cl2N4O3/c13-7-3-9(18(19)20)10(4-8(7)14)21-11-5-17-2-1-6(11)12(15)16/h1-5H,(H3,15,16). The Morgan fingerprint density at radius 2 is 2.00 bits per heavy atom. The number of nitrogen functional groups attached to an aromatic ring is 1. The summed E-state index contributed by atoms with van der Waals surface area (Å²) < 4.78 is 5.43. The number of nitrogens with two attached hydrogens (primary N) is 1. The summed E-state index contributed by atoms with van der Waals surface area (Å²) in [5, 5.41) is 18.6. The molecule has 0 fully saturated rings. The summed E-state index contributed by atoms with van der Waals surface area (Å²) in [6, 6.07) is 3.77. The molecule has 0 spiro atoms. The number of aromatic nitrogens is 1. The number of ether oxygens (including phenoxy) is 1. The molecule has 2 rings (SSSR count). The maximum Gasteiger partial charge on any atom is 0.313 e. The van der Waals surface area contributed by atoms with Gasteiger partial charge in [0.05, 0.1) is 26.7 Å². The molecule has 21 heavy (non-hydrogen) atoms. The summed E-state index contributed by atoms with van der Waals surface area (Å²) in [6.45, 7) is 0. The van der Waals surface area contributed by atoms with Gasteiger partial charge < -0.3 is 10.5 Å². The normalized spacial score (nSPS) is 10.2. The average molecular weight is 327 g/mol. The SMILES string of the molecule is N=C(N)c1ccncc1Oc1cc(Cl)c(Cl)cc1[N+](=O)[O-]. The molecule has 0 unspecified atom stereocenters. The Morgan fingerprint density at radius 3 is 2.62 bits per heavy atom. The van der Waals surface area contributed by atoms with Gasteiger partial charge in [-0.1, -0.05) is 23.2 Å². The van der Waals surface area contributed by atoms with Crippen molar-refractivity contribution in [1.82, 2.24) is 4.98 Å². The minimum Gasteiger partial charge on any atom is -0.448 e. The Labute approximate surface area is 128 Å². The largest absolute Gasteiger partial charge is 0.448 e. The number of hydrogen-bond donors (Lipinski definition) is 2. The van der Waals surface area contributed by atoms with Gasteiger partial charge in [-0.25, -0.2) is 0 Å². The highest BCUT2D eigenvalue weighted by Crippen LogP contribution is 2.38. The van der Waals surface area contributed by atoms with E-state index in [-0.39, 0.29) is 38.6 Å². The first-order chi connectivity index (χ1) is 9.90. The van der Waals surface area contributed by atoms with Crippen LogP contribution in [-0.2, 0) is 0 Å². The van der Waals surface area contributed by atoms with E-state index in [1.54, 1.807) is 0 Å². The number of pyridine rings is 1. The fourth-order valence-electron chi connectivity index (χ4n) is 1.54. The Morgan fingerprint density at radius 1 is 1.33 bits per heavy atom. The van der Waals surface area contributed by atoms with Crippen molar-refractivity contribution in [2.45, 2.75) is 0 Å². The van der Waals surface area contributed by atoms with Crippen LogP contribution in [-0.4, -0.2) is 15.7 Å². The molecule has 1 aromatic carbocycles. The zero-order chi connectivity index (χ0) is 15.6. The topological polar surface area (TPSA) is 115 Å². The lowest BCUT2D eigenvalue weighted by Gasteiger charge is -2.10. The maximum absolute atomic E-state index is 11.0. The second-order valence-corrected chi connectivity index (χ2v) is 4.69. The molecule has 0 saturated heterocycles. The van der Waals surface area contributed by atoms with Gasteiger partial charge in [0.15, 0.2) is 5.75 Å². The van der Waals surface area contributed by atoms with Crippen molar-refractivity contribution in [3.63, 3.8) is 0 Å². The third-order valence-electron chi connectivity index (χ3n) is 2.49. The van der Waals surface area contributed by atoms with Crippen LogP contribution in [0.2, 0.25) is 10.0 Å². The van der Waals surface area contributed by atoms with Gasteiger partial charge in [0.25, 0.3) is 0 Å². The van der Waals surface area contributed by atoms with Crippen LogP contribution in [0.3, 0.4) is 0 Å². The van der Waals surface area contributed by atoms with Gasteiger partial charge in [-0.15, -0.1) is 0 Å². The molecule has 0 amide bonds. The Kier molecular flexibility index (Phi) is 4.25. The van der Waals surface area contributed by atoms with Gasteiger partial charge in [0.1, 0.15) is 5.84 Å². The van der Waals surface area contributed by atoms with E-state index in [9.17, 15) is 10.1 Å². The summed E-state index contributed by atoms with van der Waals surface area (Å²) in [5.74, 6) is -0.272. The third-order valence-corrected chi connectivity index (χ3v) is 3.22. The molecule has 7 nitrogen and oxygen atoms in total. The predicted octanol–water partition coefficient (Wildman–Crippen LogP) is 3.37. The van der Waals surface area contributed by atoms with Crippen LogP contribution in [0.25, 0.3) is 0 Å². The molecular formula is C12H8Cl2N4O3. The van der Waals surface area contributed by atoms with E-state index in [2.05, 4.69) is 4.98 Å². The summed E-state index contributed by atoms with van der Waals surface area (Å²) in [6.07, 6.45) is 2.72. The van der Waals surface area contributed by atoms with Crippen molar-refractivity contribution in [3.8, 4) is 11.5 Å². The van der Waals surface area contributed by atoms with Gasteiger partial charge >= 0.3 is 5.69 Å². The van der Waals surface area contributed by atoms with E-state index in [0.717, 1.165) is 6.07 Å². The lowest BCUT2D eigenvalue weighted by Crippen LogP contribution is -2.12. The van der Waals surface area contributed by atoms with Crippen LogP contribution < -0.4 is 10.5 Å². The molecule has 1 heterocycles. The monoisotopic (exact) mass is 326 g/mol.